The van der Waals surface area contributed by atoms with Gasteiger partial charge in [-0.1, -0.05) is 6.07 Å². The highest BCUT2D eigenvalue weighted by molar-refractivity contribution is 5.76. The first-order valence-corrected chi connectivity index (χ1v) is 6.40. The van der Waals surface area contributed by atoms with Gasteiger partial charge < -0.3 is 20.2 Å². The van der Waals surface area contributed by atoms with Gasteiger partial charge in [-0.2, -0.15) is 0 Å². The Morgan fingerprint density at radius 3 is 2.90 bits per heavy atom. The van der Waals surface area contributed by atoms with E-state index < -0.39 is 0 Å². The average molecular weight is 274 g/mol. The predicted molar refractivity (Wildman–Crippen MR) is 76.3 cm³/mol. The summed E-state index contributed by atoms with van der Waals surface area (Å²) in [5.41, 5.74) is 7.32. The van der Waals surface area contributed by atoms with E-state index in [0.29, 0.717) is 30.8 Å². The first-order chi connectivity index (χ1) is 9.69. The maximum atomic E-state index is 11.7. The molecule has 2 aromatic rings. The number of ether oxygens (including phenoxy) is 1. The molecule has 1 heterocycles. The second-order valence-electron chi connectivity index (χ2n) is 4.43. The smallest absolute Gasteiger partial charge is 0.220 e. The van der Waals surface area contributed by atoms with E-state index in [1.165, 1.54) is 0 Å². The van der Waals surface area contributed by atoms with Crippen LogP contribution in [0.25, 0.3) is 0 Å². The van der Waals surface area contributed by atoms with Crippen molar-refractivity contribution in [3.63, 3.8) is 0 Å². The molecule has 3 N–H and O–H groups in total. The van der Waals surface area contributed by atoms with E-state index in [-0.39, 0.29) is 5.91 Å². The van der Waals surface area contributed by atoms with Gasteiger partial charge in [0.1, 0.15) is 11.5 Å². The van der Waals surface area contributed by atoms with Crippen LogP contribution in [0.1, 0.15) is 17.7 Å². The van der Waals surface area contributed by atoms with Crippen LogP contribution in [0.5, 0.6) is 5.75 Å². The van der Waals surface area contributed by atoms with Gasteiger partial charge >= 0.3 is 0 Å². The Morgan fingerprint density at radius 1 is 1.40 bits per heavy atom. The number of nitrogen functional groups attached to an aromatic ring is 1. The third-order valence-electron chi connectivity index (χ3n) is 2.96. The molecule has 0 radical (unpaired) electrons. The summed E-state index contributed by atoms with van der Waals surface area (Å²) in [7, 11) is 1.57. The third kappa shape index (κ3) is 3.78. The molecule has 0 saturated carbocycles. The molecule has 1 aromatic carbocycles. The predicted octanol–water partition coefficient (Wildman–Crippen LogP) is 2.12. The highest BCUT2D eigenvalue weighted by Crippen LogP contribution is 2.21. The van der Waals surface area contributed by atoms with Crippen LogP contribution in [-0.2, 0) is 17.8 Å². The van der Waals surface area contributed by atoms with Crippen LogP contribution in [0, 0.1) is 0 Å². The maximum Gasteiger partial charge on any atom is 0.220 e. The Balaban J connectivity index is 1.79. The molecule has 0 spiro atoms. The van der Waals surface area contributed by atoms with E-state index in [2.05, 4.69) is 5.32 Å². The van der Waals surface area contributed by atoms with Crippen LogP contribution in [0.3, 0.4) is 0 Å². The van der Waals surface area contributed by atoms with Crippen molar-refractivity contribution in [3.8, 4) is 5.75 Å². The van der Waals surface area contributed by atoms with Gasteiger partial charge in [0.15, 0.2) is 0 Å². The van der Waals surface area contributed by atoms with Crippen LogP contribution >= 0.6 is 0 Å². The molecule has 0 aliphatic rings. The minimum absolute atomic E-state index is 0.0178. The van der Waals surface area contributed by atoms with Gasteiger partial charge in [0.2, 0.25) is 5.91 Å². The number of anilines is 1. The monoisotopic (exact) mass is 274 g/mol. The zero-order valence-electron chi connectivity index (χ0n) is 11.4. The van der Waals surface area contributed by atoms with Gasteiger partial charge in [0.05, 0.1) is 19.1 Å². The summed E-state index contributed by atoms with van der Waals surface area (Å²) >= 11 is 0. The molecule has 20 heavy (non-hydrogen) atoms. The lowest BCUT2D eigenvalue weighted by Crippen LogP contribution is -2.23. The van der Waals surface area contributed by atoms with Crippen molar-refractivity contribution in [1.82, 2.24) is 5.32 Å². The van der Waals surface area contributed by atoms with Crippen LogP contribution in [-0.4, -0.2) is 13.0 Å². The number of rotatable bonds is 6. The lowest BCUT2D eigenvalue weighted by atomic mass is 10.2. The highest BCUT2D eigenvalue weighted by atomic mass is 16.5. The Labute approximate surface area is 117 Å². The molecule has 2 rings (SSSR count). The van der Waals surface area contributed by atoms with Crippen LogP contribution in [0.15, 0.2) is 41.0 Å². The molecule has 1 amide bonds. The molecule has 106 valence electrons. The number of benzene rings is 1. The number of hydrogen-bond donors (Lipinski definition) is 2. The number of carbonyl (C=O) groups is 1. The second kappa shape index (κ2) is 6.65. The fourth-order valence-corrected chi connectivity index (χ4v) is 1.87. The minimum Gasteiger partial charge on any atom is -0.495 e. The zero-order chi connectivity index (χ0) is 14.4. The molecule has 1 aromatic heterocycles. The lowest BCUT2D eigenvalue weighted by Gasteiger charge is -2.08. The number of amides is 1. The molecule has 5 heteroatoms. The number of hydrogen-bond acceptors (Lipinski definition) is 4. The summed E-state index contributed by atoms with van der Waals surface area (Å²) in [4.78, 5) is 11.7. The van der Waals surface area contributed by atoms with Gasteiger partial charge in [-0.3, -0.25) is 4.79 Å². The fraction of sp³-hybridized carbons (Fsp3) is 0.267. The second-order valence-corrected chi connectivity index (χ2v) is 4.43. The first kappa shape index (κ1) is 14.0. The van der Waals surface area contributed by atoms with E-state index in [1.54, 1.807) is 25.5 Å². The summed E-state index contributed by atoms with van der Waals surface area (Å²) in [6, 6.07) is 9.14. The Kier molecular flexibility index (Phi) is 4.65. The largest absolute Gasteiger partial charge is 0.495 e. The molecule has 0 aliphatic heterocycles. The van der Waals surface area contributed by atoms with E-state index in [0.717, 1.165) is 11.3 Å². The number of methoxy groups -OCH3 is 1. The van der Waals surface area contributed by atoms with Gasteiger partial charge in [0, 0.05) is 19.4 Å². The van der Waals surface area contributed by atoms with E-state index in [4.69, 9.17) is 14.9 Å². The molecule has 5 nitrogen and oxygen atoms in total. The number of furan rings is 1. The Morgan fingerprint density at radius 2 is 2.25 bits per heavy atom. The summed E-state index contributed by atoms with van der Waals surface area (Å²) in [6.45, 7) is 0.450. The highest BCUT2D eigenvalue weighted by Gasteiger charge is 2.05. The molecule has 0 unspecified atom stereocenters. The third-order valence-corrected chi connectivity index (χ3v) is 2.96. The normalized spacial score (nSPS) is 10.2. The summed E-state index contributed by atoms with van der Waals surface area (Å²) in [6.07, 6.45) is 2.61. The van der Waals surface area contributed by atoms with E-state index >= 15 is 0 Å². The van der Waals surface area contributed by atoms with Gasteiger partial charge in [-0.05, 0) is 29.8 Å². The van der Waals surface area contributed by atoms with Crippen LogP contribution in [0.2, 0.25) is 0 Å². The van der Waals surface area contributed by atoms with Crippen molar-refractivity contribution in [2.75, 3.05) is 12.8 Å². The quantitative estimate of drug-likeness (QED) is 0.791. The van der Waals surface area contributed by atoms with Gasteiger partial charge in [-0.15, -0.1) is 0 Å². The average Bonchev–Trinajstić information content (AvgIpc) is 2.96. The first-order valence-electron chi connectivity index (χ1n) is 6.40. The lowest BCUT2D eigenvalue weighted by molar-refractivity contribution is -0.121. The fourth-order valence-electron chi connectivity index (χ4n) is 1.87. The number of carbonyl (C=O) groups excluding carboxylic acids is 1. The van der Waals surface area contributed by atoms with Crippen molar-refractivity contribution in [3.05, 3.63) is 47.9 Å². The summed E-state index contributed by atoms with van der Waals surface area (Å²) in [5.74, 6) is 1.43. The van der Waals surface area contributed by atoms with Gasteiger partial charge in [-0.25, -0.2) is 0 Å². The minimum atomic E-state index is -0.0178. The molecule has 0 aliphatic carbocycles. The Bertz CT molecular complexity index is 565. The molecule has 0 fully saturated rings. The number of nitrogens with one attached hydrogen (secondary N) is 1. The van der Waals surface area contributed by atoms with Crippen LogP contribution in [0.4, 0.5) is 5.69 Å². The maximum absolute atomic E-state index is 11.7. The van der Waals surface area contributed by atoms with Gasteiger partial charge in [0.25, 0.3) is 0 Å². The van der Waals surface area contributed by atoms with Crippen LogP contribution < -0.4 is 15.8 Å². The standard InChI is InChI=1S/C15H18N2O3/c1-19-14-6-4-11(9-13(14)16)10-17-15(18)7-5-12-3-2-8-20-12/h2-4,6,8-9H,5,7,10,16H2,1H3,(H,17,18). The van der Waals surface area contributed by atoms with Crippen molar-refractivity contribution in [2.24, 2.45) is 0 Å². The molecule has 0 saturated heterocycles. The summed E-state index contributed by atoms with van der Waals surface area (Å²) in [5, 5.41) is 2.85. The summed E-state index contributed by atoms with van der Waals surface area (Å²) < 4.78 is 10.3. The Hall–Kier alpha value is -2.43. The number of aryl methyl sites for hydroxylation is 1. The molecular weight excluding hydrogens is 256 g/mol. The molecule has 0 bridgehead atoms. The SMILES string of the molecule is COc1ccc(CNC(=O)CCc2ccco2)cc1N. The zero-order valence-corrected chi connectivity index (χ0v) is 11.4. The van der Waals surface area contributed by atoms with Crippen molar-refractivity contribution in [2.45, 2.75) is 19.4 Å². The van der Waals surface area contributed by atoms with Crippen molar-refractivity contribution in [1.29, 1.82) is 0 Å². The molecular formula is C15H18N2O3. The number of nitrogens with two attached hydrogens (primary N) is 1. The van der Waals surface area contributed by atoms with E-state index in [1.807, 2.05) is 18.2 Å². The topological polar surface area (TPSA) is 77.5 Å². The van der Waals surface area contributed by atoms with Crippen molar-refractivity contribution < 1.29 is 13.9 Å². The molecule has 0 atom stereocenters. The van der Waals surface area contributed by atoms with E-state index in [9.17, 15) is 4.79 Å². The van der Waals surface area contributed by atoms with Crippen molar-refractivity contribution >= 4 is 11.6 Å².